The summed E-state index contributed by atoms with van der Waals surface area (Å²) in [5.74, 6) is -3.44. The van der Waals surface area contributed by atoms with E-state index in [1.54, 1.807) is 11.9 Å². The molecule has 0 radical (unpaired) electrons. The molecule has 0 unspecified atom stereocenters. The van der Waals surface area contributed by atoms with E-state index < -0.39 is 56.7 Å². The third-order valence-electron chi connectivity index (χ3n) is 10.1. The molecule has 6 rings (SSSR count). The highest BCUT2D eigenvalue weighted by Gasteiger charge is 2.62. The van der Waals surface area contributed by atoms with Crippen molar-refractivity contribution in [3.8, 4) is 0 Å². The van der Waals surface area contributed by atoms with Crippen LogP contribution in [0.15, 0.2) is 36.4 Å². The Morgan fingerprint density at radius 1 is 0.978 bits per heavy atom. The summed E-state index contributed by atoms with van der Waals surface area (Å²) in [6.07, 6.45) is 9.73. The van der Waals surface area contributed by atoms with Crippen molar-refractivity contribution in [2.24, 2.45) is 17.8 Å². The van der Waals surface area contributed by atoms with Crippen molar-refractivity contribution in [1.29, 1.82) is 0 Å². The Kier molecular flexibility index (Phi) is 9.31. The molecule has 3 saturated carbocycles. The van der Waals surface area contributed by atoms with Gasteiger partial charge in [0.1, 0.15) is 11.6 Å². The zero-order chi connectivity index (χ0) is 32.5. The lowest BCUT2D eigenvalue weighted by molar-refractivity contribution is -0.140. The fourth-order valence-electron chi connectivity index (χ4n) is 7.17. The van der Waals surface area contributed by atoms with Crippen molar-refractivity contribution in [3.05, 3.63) is 36.4 Å². The Morgan fingerprint density at radius 3 is 2.46 bits per heavy atom. The molecule has 3 aliphatic carbocycles. The summed E-state index contributed by atoms with van der Waals surface area (Å²) >= 11 is 0. The van der Waals surface area contributed by atoms with Gasteiger partial charge in [-0.15, -0.1) is 0 Å². The fourth-order valence-corrected chi connectivity index (χ4v) is 8.54. The first-order chi connectivity index (χ1) is 22.1. The van der Waals surface area contributed by atoms with Gasteiger partial charge in [-0.05, 0) is 82.8 Å². The number of hydrogen-bond donors (Lipinski definition) is 3. The number of carbonyl (C=O) groups is 4. The van der Waals surface area contributed by atoms with Crippen LogP contribution in [0.4, 0.5) is 16.2 Å². The first kappa shape index (κ1) is 32.3. The van der Waals surface area contributed by atoms with E-state index in [4.69, 9.17) is 4.74 Å². The number of anilines is 2. The second kappa shape index (κ2) is 13.2. The maximum atomic E-state index is 13.9. The van der Waals surface area contributed by atoms with Gasteiger partial charge in [0, 0.05) is 32.6 Å². The number of amides is 4. The molecular formula is C33H45N5O7S. The minimum Gasteiger partial charge on any atom is -0.446 e. The highest BCUT2D eigenvalue weighted by Crippen LogP contribution is 2.47. The molecule has 5 aliphatic rings. The summed E-state index contributed by atoms with van der Waals surface area (Å²) in [4.78, 5) is 58.1. The zero-order valence-electron chi connectivity index (χ0n) is 26.4. The number of fused-ring (bicyclic) bond motifs is 2. The van der Waals surface area contributed by atoms with Crippen LogP contribution in [-0.4, -0.2) is 80.7 Å². The summed E-state index contributed by atoms with van der Waals surface area (Å²) in [6.45, 7) is 2.35. The Balaban J connectivity index is 1.18. The van der Waals surface area contributed by atoms with E-state index in [-0.39, 0.29) is 31.1 Å². The molecule has 3 N–H and O–H groups in total. The number of piperidine rings is 1. The lowest BCUT2D eigenvalue weighted by atomic mass is 9.93. The van der Waals surface area contributed by atoms with Gasteiger partial charge in [-0.1, -0.05) is 24.3 Å². The predicted octanol–water partition coefficient (Wildman–Crippen LogP) is 3.30. The van der Waals surface area contributed by atoms with Gasteiger partial charge < -0.3 is 19.9 Å². The monoisotopic (exact) mass is 655 g/mol. The number of carbonyl (C=O) groups excluding carboxylic acids is 4. The van der Waals surface area contributed by atoms with Crippen LogP contribution in [0.5, 0.6) is 0 Å². The van der Waals surface area contributed by atoms with Crippen LogP contribution in [0.3, 0.4) is 0 Å². The average molecular weight is 656 g/mol. The molecule has 0 spiro atoms. The molecule has 46 heavy (non-hydrogen) atoms. The molecule has 250 valence electrons. The summed E-state index contributed by atoms with van der Waals surface area (Å²) < 4.78 is 33.3. The Bertz CT molecular complexity index is 1490. The first-order valence-electron chi connectivity index (χ1n) is 16.7. The van der Waals surface area contributed by atoms with Crippen LogP contribution >= 0.6 is 0 Å². The number of ether oxygens (including phenoxy) is 1. The van der Waals surface area contributed by atoms with Gasteiger partial charge in [0.25, 0.3) is 5.91 Å². The maximum Gasteiger partial charge on any atom is 0.411 e. The number of para-hydroxylation sites is 2. The van der Waals surface area contributed by atoms with Crippen molar-refractivity contribution in [2.45, 2.75) is 87.5 Å². The number of benzene rings is 1. The largest absolute Gasteiger partial charge is 0.446 e. The van der Waals surface area contributed by atoms with E-state index in [2.05, 4.69) is 20.3 Å². The molecule has 12 nitrogen and oxygen atoms in total. The number of nitrogens with one attached hydrogen (secondary N) is 3. The van der Waals surface area contributed by atoms with E-state index in [0.29, 0.717) is 25.1 Å². The Hall–Kier alpha value is -3.61. The number of nitrogens with zero attached hydrogens (tertiary/aromatic N) is 2. The molecule has 0 aromatic heterocycles. The molecule has 5 atom stereocenters. The molecule has 1 aromatic rings. The summed E-state index contributed by atoms with van der Waals surface area (Å²) in [5, 5.41) is 5.16. The van der Waals surface area contributed by atoms with E-state index >= 15 is 0 Å². The van der Waals surface area contributed by atoms with Gasteiger partial charge in [0.15, 0.2) is 0 Å². The van der Waals surface area contributed by atoms with E-state index in [0.717, 1.165) is 50.9 Å². The SMILES string of the molecule is CN1CCCC/C=C\[C@@H]2C[C@@]2(C(=O)NS(=O)(=O)C2CC2)NC(=O)[C@@H]2C[C@@H](OC(=O)Nc3ccccc3N3CCCCC3)C[C@H]2C1=O. The van der Waals surface area contributed by atoms with Gasteiger partial charge in [0.2, 0.25) is 21.8 Å². The molecule has 2 heterocycles. The predicted molar refractivity (Wildman–Crippen MR) is 172 cm³/mol. The van der Waals surface area contributed by atoms with Gasteiger partial charge in [-0.2, -0.15) is 0 Å². The number of hydrogen-bond acceptors (Lipinski definition) is 8. The van der Waals surface area contributed by atoms with Gasteiger partial charge in [-0.25, -0.2) is 13.2 Å². The van der Waals surface area contributed by atoms with Crippen molar-refractivity contribution in [2.75, 3.05) is 36.9 Å². The minimum absolute atomic E-state index is 0.107. The van der Waals surface area contributed by atoms with E-state index in [1.807, 2.05) is 36.4 Å². The van der Waals surface area contributed by atoms with Crippen LogP contribution in [0.1, 0.15) is 70.6 Å². The van der Waals surface area contributed by atoms with Crippen LogP contribution in [0.2, 0.25) is 0 Å². The number of sulfonamides is 1. The third kappa shape index (κ3) is 7.03. The zero-order valence-corrected chi connectivity index (χ0v) is 27.2. The first-order valence-corrected chi connectivity index (χ1v) is 18.2. The van der Waals surface area contributed by atoms with Crippen LogP contribution < -0.4 is 20.3 Å². The number of allylic oxidation sites excluding steroid dienone is 1. The fraction of sp³-hybridized carbons (Fsp3) is 0.636. The molecule has 1 aromatic carbocycles. The smallest absolute Gasteiger partial charge is 0.411 e. The molecule has 4 fully saturated rings. The summed E-state index contributed by atoms with van der Waals surface area (Å²) in [5.41, 5.74) is 0.157. The lowest BCUT2D eigenvalue weighted by Gasteiger charge is -2.30. The normalized spacial score (nSPS) is 31.1. The topological polar surface area (TPSA) is 154 Å². The second-order valence-electron chi connectivity index (χ2n) is 13.5. The summed E-state index contributed by atoms with van der Waals surface area (Å²) in [6, 6.07) is 7.59. The third-order valence-corrected chi connectivity index (χ3v) is 11.9. The van der Waals surface area contributed by atoms with Crippen LogP contribution in [0, 0.1) is 17.8 Å². The van der Waals surface area contributed by atoms with Gasteiger partial charge >= 0.3 is 6.09 Å². The van der Waals surface area contributed by atoms with E-state index in [1.165, 1.54) is 6.42 Å². The van der Waals surface area contributed by atoms with Crippen molar-refractivity contribution in [1.82, 2.24) is 14.9 Å². The molecule has 1 saturated heterocycles. The second-order valence-corrected chi connectivity index (χ2v) is 15.5. The average Bonchev–Trinajstić information content (AvgIpc) is 3.96. The van der Waals surface area contributed by atoms with Crippen LogP contribution in [0.25, 0.3) is 0 Å². The molecular weight excluding hydrogens is 610 g/mol. The Labute approximate surface area is 270 Å². The Morgan fingerprint density at radius 2 is 1.70 bits per heavy atom. The van der Waals surface area contributed by atoms with Crippen molar-refractivity contribution >= 4 is 45.2 Å². The maximum absolute atomic E-state index is 13.9. The summed E-state index contributed by atoms with van der Waals surface area (Å²) in [7, 11) is -2.11. The lowest BCUT2D eigenvalue weighted by Crippen LogP contribution is -2.54. The highest BCUT2D eigenvalue weighted by atomic mass is 32.2. The minimum atomic E-state index is -3.82. The van der Waals surface area contributed by atoms with Gasteiger partial charge in [-0.3, -0.25) is 24.4 Å². The molecule has 2 aliphatic heterocycles. The van der Waals surface area contributed by atoms with Crippen molar-refractivity contribution < 1.29 is 32.3 Å². The molecule has 4 amide bonds. The van der Waals surface area contributed by atoms with Crippen molar-refractivity contribution in [3.63, 3.8) is 0 Å². The standard InChI is InChI=1S/C33H45N5O7S/c1-37-16-8-3-2-5-11-22-21-33(22,31(41)36-46(43,44)24-14-15-24)35-29(39)25-19-23(20-26(25)30(37)40)45-32(42)34-27-12-6-7-13-28(27)38-17-9-4-10-18-38/h5-7,11-13,22-26H,2-4,8-10,14-21H2,1H3,(H,34,42)(H,35,39)(H,36,41)/b11-5-/t22-,23-,25-,26-,33-/m1/s1. The van der Waals surface area contributed by atoms with Gasteiger partial charge in [0.05, 0.1) is 28.5 Å². The molecule has 13 heteroatoms. The van der Waals surface area contributed by atoms with Crippen LogP contribution in [-0.2, 0) is 29.1 Å². The quantitative estimate of drug-likeness (QED) is 0.395. The number of rotatable bonds is 6. The highest BCUT2D eigenvalue weighted by molar-refractivity contribution is 7.91. The molecule has 0 bridgehead atoms. The van der Waals surface area contributed by atoms with E-state index in [9.17, 15) is 27.6 Å².